The van der Waals surface area contributed by atoms with Crippen molar-refractivity contribution in [2.45, 2.75) is 72.6 Å². The molecule has 0 aliphatic rings. The smallest absolute Gasteiger partial charge is 0.0141 e. The molecule has 0 aliphatic heterocycles. The lowest BCUT2D eigenvalue weighted by Crippen LogP contribution is -2.16. The van der Waals surface area contributed by atoms with E-state index in [1.807, 2.05) is 0 Å². The van der Waals surface area contributed by atoms with E-state index in [4.69, 9.17) is 0 Å². The predicted octanol–water partition coefficient (Wildman–Crippen LogP) is 5.44. The Balaban J connectivity index is 3.78. The Bertz CT molecular complexity index is 248. The second-order valence-corrected chi connectivity index (χ2v) is 5.61. The van der Waals surface area contributed by atoms with Crippen LogP contribution >= 0.6 is 0 Å². The van der Waals surface area contributed by atoms with Gasteiger partial charge in [0.1, 0.15) is 0 Å². The summed E-state index contributed by atoms with van der Waals surface area (Å²) in [4.78, 5) is 0. The van der Waals surface area contributed by atoms with E-state index >= 15 is 0 Å². The molecular formula is C17H33N. The molecule has 0 fully saturated rings. The summed E-state index contributed by atoms with van der Waals surface area (Å²) in [7, 11) is 0. The maximum atomic E-state index is 4.30. The standard InChI is InChI=1S/C17H33N/c1-7-14-18-16(5)13-11-10-12-15(4)17(6,8-2)9-3/h18H,4-5,7-14H2,1-3,6H3. The third-order valence-corrected chi connectivity index (χ3v) is 4.25. The van der Waals surface area contributed by atoms with Crippen molar-refractivity contribution in [2.24, 2.45) is 5.41 Å². The van der Waals surface area contributed by atoms with Gasteiger partial charge in [-0.1, -0.05) is 46.4 Å². The van der Waals surface area contributed by atoms with E-state index < -0.39 is 0 Å². The second kappa shape index (κ2) is 9.24. The van der Waals surface area contributed by atoms with E-state index in [0.717, 1.165) is 13.0 Å². The van der Waals surface area contributed by atoms with Crippen LogP contribution in [0.4, 0.5) is 0 Å². The average Bonchev–Trinajstić information content (AvgIpc) is 2.39. The number of allylic oxidation sites excluding steroid dienone is 2. The monoisotopic (exact) mass is 251 g/mol. The van der Waals surface area contributed by atoms with Crippen LogP contribution in [0.5, 0.6) is 0 Å². The number of rotatable bonds is 11. The van der Waals surface area contributed by atoms with Crippen LogP contribution in [-0.2, 0) is 0 Å². The Labute approximate surface area is 115 Å². The van der Waals surface area contributed by atoms with E-state index in [2.05, 4.69) is 46.2 Å². The zero-order valence-corrected chi connectivity index (χ0v) is 13.1. The maximum Gasteiger partial charge on any atom is 0.0141 e. The molecule has 0 bridgehead atoms. The van der Waals surface area contributed by atoms with Crippen molar-refractivity contribution in [3.05, 3.63) is 24.4 Å². The molecule has 0 aromatic carbocycles. The van der Waals surface area contributed by atoms with Crippen molar-refractivity contribution >= 4 is 0 Å². The minimum Gasteiger partial charge on any atom is -0.389 e. The molecule has 0 aromatic heterocycles. The van der Waals surface area contributed by atoms with Gasteiger partial charge in [-0.25, -0.2) is 0 Å². The number of nitrogens with one attached hydrogen (secondary N) is 1. The Morgan fingerprint density at radius 1 is 1.00 bits per heavy atom. The first-order valence-electron chi connectivity index (χ1n) is 7.60. The highest BCUT2D eigenvalue weighted by atomic mass is 14.9. The van der Waals surface area contributed by atoms with Gasteiger partial charge in [0.15, 0.2) is 0 Å². The summed E-state index contributed by atoms with van der Waals surface area (Å²) >= 11 is 0. The average molecular weight is 251 g/mol. The van der Waals surface area contributed by atoms with Crippen molar-refractivity contribution in [2.75, 3.05) is 6.54 Å². The highest BCUT2D eigenvalue weighted by Crippen LogP contribution is 2.36. The van der Waals surface area contributed by atoms with Crippen LogP contribution in [0.1, 0.15) is 72.6 Å². The summed E-state index contributed by atoms with van der Waals surface area (Å²) in [5.74, 6) is 0. The van der Waals surface area contributed by atoms with Gasteiger partial charge in [-0.2, -0.15) is 0 Å². The Kier molecular flexibility index (Phi) is 8.87. The largest absolute Gasteiger partial charge is 0.389 e. The molecule has 0 aliphatic carbocycles. The van der Waals surface area contributed by atoms with Gasteiger partial charge in [-0.3, -0.25) is 0 Å². The molecule has 0 saturated carbocycles. The lowest BCUT2D eigenvalue weighted by molar-refractivity contribution is 0.354. The van der Waals surface area contributed by atoms with E-state index in [1.54, 1.807) is 0 Å². The van der Waals surface area contributed by atoms with Gasteiger partial charge in [-0.05, 0) is 50.4 Å². The summed E-state index contributed by atoms with van der Waals surface area (Å²) in [5.41, 5.74) is 2.97. The summed E-state index contributed by atoms with van der Waals surface area (Å²) in [6.45, 7) is 18.5. The highest BCUT2D eigenvalue weighted by Gasteiger charge is 2.22. The second-order valence-electron chi connectivity index (χ2n) is 5.61. The van der Waals surface area contributed by atoms with Crippen LogP contribution in [0, 0.1) is 5.41 Å². The highest BCUT2D eigenvalue weighted by molar-refractivity contribution is 5.08. The molecule has 1 heteroatoms. The summed E-state index contributed by atoms with van der Waals surface area (Å²) in [6, 6.07) is 0. The van der Waals surface area contributed by atoms with E-state index in [0.29, 0.717) is 5.41 Å². The first-order chi connectivity index (χ1) is 8.50. The molecular weight excluding hydrogens is 218 g/mol. The van der Waals surface area contributed by atoms with Crippen molar-refractivity contribution in [3.8, 4) is 0 Å². The number of unbranched alkanes of at least 4 members (excludes halogenated alkanes) is 1. The zero-order chi connectivity index (χ0) is 14.0. The molecule has 0 spiro atoms. The lowest BCUT2D eigenvalue weighted by atomic mass is 9.76. The maximum absolute atomic E-state index is 4.30. The molecule has 0 atom stereocenters. The third kappa shape index (κ3) is 6.28. The molecule has 0 aromatic rings. The minimum atomic E-state index is 0.345. The summed E-state index contributed by atoms with van der Waals surface area (Å²) in [6.07, 6.45) is 8.29. The fraction of sp³-hybridized carbons (Fsp3) is 0.765. The Hall–Kier alpha value is -0.720. The van der Waals surface area contributed by atoms with E-state index in [-0.39, 0.29) is 0 Å². The van der Waals surface area contributed by atoms with Crippen molar-refractivity contribution in [1.82, 2.24) is 5.32 Å². The normalized spacial score (nSPS) is 11.3. The number of hydrogen-bond donors (Lipinski definition) is 1. The lowest BCUT2D eigenvalue weighted by Gasteiger charge is -2.29. The predicted molar refractivity (Wildman–Crippen MR) is 83.7 cm³/mol. The molecule has 0 heterocycles. The molecule has 106 valence electrons. The van der Waals surface area contributed by atoms with Crippen molar-refractivity contribution < 1.29 is 0 Å². The molecule has 1 nitrogen and oxygen atoms in total. The van der Waals surface area contributed by atoms with Gasteiger partial charge >= 0.3 is 0 Å². The molecule has 0 amide bonds. The molecule has 0 rings (SSSR count). The van der Waals surface area contributed by atoms with Gasteiger partial charge in [0.2, 0.25) is 0 Å². The summed E-state index contributed by atoms with van der Waals surface area (Å²) < 4.78 is 0. The van der Waals surface area contributed by atoms with Crippen LogP contribution in [0.15, 0.2) is 24.4 Å². The Morgan fingerprint density at radius 3 is 2.06 bits per heavy atom. The van der Waals surface area contributed by atoms with E-state index in [9.17, 15) is 0 Å². The van der Waals surface area contributed by atoms with Crippen LogP contribution in [0.25, 0.3) is 0 Å². The first-order valence-corrected chi connectivity index (χ1v) is 7.60. The van der Waals surface area contributed by atoms with Gasteiger partial charge in [-0.15, -0.1) is 0 Å². The fourth-order valence-corrected chi connectivity index (χ4v) is 2.12. The van der Waals surface area contributed by atoms with Gasteiger partial charge in [0.05, 0.1) is 0 Å². The van der Waals surface area contributed by atoms with Crippen molar-refractivity contribution in [1.29, 1.82) is 0 Å². The van der Waals surface area contributed by atoms with E-state index in [1.165, 1.54) is 49.8 Å². The van der Waals surface area contributed by atoms with Crippen LogP contribution in [0.3, 0.4) is 0 Å². The molecule has 0 radical (unpaired) electrons. The summed E-state index contributed by atoms with van der Waals surface area (Å²) in [5, 5.41) is 3.36. The third-order valence-electron chi connectivity index (χ3n) is 4.25. The molecule has 18 heavy (non-hydrogen) atoms. The quantitative estimate of drug-likeness (QED) is 0.381. The van der Waals surface area contributed by atoms with Gasteiger partial charge in [0.25, 0.3) is 0 Å². The van der Waals surface area contributed by atoms with Crippen LogP contribution in [-0.4, -0.2) is 6.54 Å². The first kappa shape index (κ1) is 17.3. The molecule has 0 unspecified atom stereocenters. The van der Waals surface area contributed by atoms with Crippen LogP contribution < -0.4 is 5.32 Å². The molecule has 0 saturated heterocycles. The SMILES string of the molecule is C=C(CCCCC(=C)C(C)(CC)CC)NCCC. The topological polar surface area (TPSA) is 12.0 Å². The van der Waals surface area contributed by atoms with Crippen LogP contribution in [0.2, 0.25) is 0 Å². The fourth-order valence-electron chi connectivity index (χ4n) is 2.12. The van der Waals surface area contributed by atoms with Crippen molar-refractivity contribution in [3.63, 3.8) is 0 Å². The minimum absolute atomic E-state index is 0.345. The Morgan fingerprint density at radius 2 is 1.56 bits per heavy atom. The number of hydrogen-bond acceptors (Lipinski definition) is 1. The van der Waals surface area contributed by atoms with Gasteiger partial charge in [0, 0.05) is 12.2 Å². The molecule has 1 N–H and O–H groups in total. The van der Waals surface area contributed by atoms with Gasteiger partial charge < -0.3 is 5.32 Å². The zero-order valence-electron chi connectivity index (χ0n) is 13.1.